The Kier molecular flexibility index (Phi) is 9.49. The van der Waals surface area contributed by atoms with Crippen molar-refractivity contribution >= 4 is 23.5 Å². The monoisotopic (exact) mass is 598 g/mol. The average Bonchev–Trinajstić information content (AvgIpc) is 3.16. The van der Waals surface area contributed by atoms with Crippen LogP contribution in [-0.2, 0) is 9.53 Å². The van der Waals surface area contributed by atoms with Gasteiger partial charge in [-0.2, -0.15) is 0 Å². The second-order valence-electron chi connectivity index (χ2n) is 14.8. The van der Waals surface area contributed by atoms with Crippen molar-refractivity contribution in [2.45, 2.75) is 118 Å². The fourth-order valence-corrected chi connectivity index (χ4v) is 6.79. The highest BCUT2D eigenvalue weighted by atomic mass is 35.5. The van der Waals surface area contributed by atoms with Gasteiger partial charge in [0.05, 0.1) is 28.4 Å². The van der Waals surface area contributed by atoms with E-state index in [-0.39, 0.29) is 39.9 Å². The lowest BCUT2D eigenvalue weighted by Gasteiger charge is -2.49. The quantitative estimate of drug-likeness (QED) is 0.323. The van der Waals surface area contributed by atoms with Crippen LogP contribution in [0, 0.1) is 22.6 Å². The number of carbonyl (C=O) groups is 2. The number of ether oxygens (including phenoxy) is 1. The zero-order valence-corrected chi connectivity index (χ0v) is 27.3. The first kappa shape index (κ1) is 32.5. The molecule has 2 aromatic carbocycles. The van der Waals surface area contributed by atoms with Gasteiger partial charge in [0.25, 0.3) is 0 Å². The number of nitrogens with zero attached hydrogens (tertiary/aromatic N) is 1. The summed E-state index contributed by atoms with van der Waals surface area (Å²) in [5.41, 5.74) is 1.87. The SMILES string of the molecule is CC(C)OC(=O)c1ccc([C@@H](CCC(C)(C)C)N2C(=O)C(c3ccc(F)c(Cl)c3)NC23CCC(C(C)(C)C)CC3)cc1. The van der Waals surface area contributed by atoms with Gasteiger partial charge in [-0.25, -0.2) is 9.18 Å². The van der Waals surface area contributed by atoms with E-state index < -0.39 is 17.5 Å². The fraction of sp³-hybridized carbons (Fsp3) is 0.600. The Bertz CT molecular complexity index is 1270. The van der Waals surface area contributed by atoms with Gasteiger partial charge in [-0.05, 0) is 105 Å². The molecule has 7 heteroatoms. The molecular formula is C35H48ClFN2O3. The first-order valence-corrected chi connectivity index (χ1v) is 15.8. The topological polar surface area (TPSA) is 58.6 Å². The van der Waals surface area contributed by atoms with Crippen LogP contribution < -0.4 is 5.32 Å². The highest BCUT2D eigenvalue weighted by molar-refractivity contribution is 6.30. The second kappa shape index (κ2) is 12.3. The molecule has 1 heterocycles. The van der Waals surface area contributed by atoms with Gasteiger partial charge in [-0.1, -0.05) is 71.3 Å². The summed E-state index contributed by atoms with van der Waals surface area (Å²) in [5.74, 6) is -0.316. The van der Waals surface area contributed by atoms with Crippen molar-refractivity contribution in [3.8, 4) is 0 Å². The van der Waals surface area contributed by atoms with Crippen molar-refractivity contribution in [2.24, 2.45) is 16.7 Å². The van der Waals surface area contributed by atoms with Gasteiger partial charge in [0.15, 0.2) is 0 Å². The van der Waals surface area contributed by atoms with E-state index in [1.165, 1.54) is 6.07 Å². The summed E-state index contributed by atoms with van der Waals surface area (Å²) < 4.78 is 19.5. The largest absolute Gasteiger partial charge is 0.459 e. The average molecular weight is 599 g/mol. The summed E-state index contributed by atoms with van der Waals surface area (Å²) in [6.45, 7) is 17.2. The van der Waals surface area contributed by atoms with Gasteiger partial charge < -0.3 is 9.64 Å². The molecule has 2 aromatic rings. The first-order chi connectivity index (χ1) is 19.5. The zero-order valence-electron chi connectivity index (χ0n) is 26.5. The maximum absolute atomic E-state index is 14.5. The Hall–Kier alpha value is -2.44. The Morgan fingerprint density at radius 1 is 1.07 bits per heavy atom. The number of hydrogen-bond acceptors (Lipinski definition) is 4. The molecule has 4 rings (SSSR count). The van der Waals surface area contributed by atoms with Gasteiger partial charge in [0.2, 0.25) is 5.91 Å². The molecule has 2 aliphatic rings. The molecule has 1 unspecified atom stereocenters. The third kappa shape index (κ3) is 7.19. The van der Waals surface area contributed by atoms with Crippen LogP contribution in [0.4, 0.5) is 4.39 Å². The Labute approximate surface area is 256 Å². The molecule has 42 heavy (non-hydrogen) atoms. The van der Waals surface area contributed by atoms with E-state index in [0.29, 0.717) is 17.0 Å². The van der Waals surface area contributed by atoms with Crippen LogP contribution in [0.1, 0.15) is 127 Å². The van der Waals surface area contributed by atoms with E-state index in [2.05, 4.69) is 51.8 Å². The number of halogens is 2. The molecule has 1 N–H and O–H groups in total. The minimum Gasteiger partial charge on any atom is -0.459 e. The van der Waals surface area contributed by atoms with Crippen molar-refractivity contribution in [3.63, 3.8) is 0 Å². The third-order valence-corrected chi connectivity index (χ3v) is 9.32. The first-order valence-electron chi connectivity index (χ1n) is 15.4. The van der Waals surface area contributed by atoms with Crippen molar-refractivity contribution in [1.29, 1.82) is 0 Å². The lowest BCUT2D eigenvalue weighted by molar-refractivity contribution is -0.137. The lowest BCUT2D eigenvalue weighted by atomic mass is 9.69. The van der Waals surface area contributed by atoms with Crippen molar-refractivity contribution < 1.29 is 18.7 Å². The second-order valence-corrected chi connectivity index (χ2v) is 15.2. The summed E-state index contributed by atoms with van der Waals surface area (Å²) in [5, 5.41) is 3.77. The van der Waals surface area contributed by atoms with Crippen molar-refractivity contribution in [1.82, 2.24) is 10.2 Å². The Balaban J connectivity index is 1.77. The summed E-state index contributed by atoms with van der Waals surface area (Å²) in [6.07, 6.45) is 5.14. The van der Waals surface area contributed by atoms with E-state index in [0.717, 1.165) is 44.1 Å². The smallest absolute Gasteiger partial charge is 0.338 e. The molecule has 1 aliphatic heterocycles. The minimum absolute atomic E-state index is 0.0131. The lowest BCUT2D eigenvalue weighted by Crippen LogP contribution is -2.56. The molecule has 2 fully saturated rings. The summed E-state index contributed by atoms with van der Waals surface area (Å²) in [6, 6.07) is 11.3. The van der Waals surface area contributed by atoms with Gasteiger partial charge in [-0.15, -0.1) is 0 Å². The number of amides is 1. The maximum atomic E-state index is 14.5. The summed E-state index contributed by atoms with van der Waals surface area (Å²) in [4.78, 5) is 29.2. The van der Waals surface area contributed by atoms with E-state index in [1.807, 2.05) is 26.0 Å². The van der Waals surface area contributed by atoms with Gasteiger partial charge in [0.1, 0.15) is 11.9 Å². The van der Waals surface area contributed by atoms with Crippen molar-refractivity contribution in [3.05, 3.63) is 70.0 Å². The number of nitrogens with one attached hydrogen (secondary N) is 1. The number of esters is 1. The number of carbonyl (C=O) groups excluding carboxylic acids is 2. The van der Waals surface area contributed by atoms with E-state index >= 15 is 0 Å². The predicted octanol–water partition coefficient (Wildman–Crippen LogP) is 9.02. The molecule has 0 bridgehead atoms. The molecular weight excluding hydrogens is 551 g/mol. The predicted molar refractivity (Wildman–Crippen MR) is 167 cm³/mol. The van der Waals surface area contributed by atoms with Crippen LogP contribution in [0.5, 0.6) is 0 Å². The Morgan fingerprint density at radius 2 is 1.69 bits per heavy atom. The normalized spacial score (nSPS) is 24.0. The van der Waals surface area contributed by atoms with Gasteiger partial charge >= 0.3 is 5.97 Å². The highest BCUT2D eigenvalue weighted by Crippen LogP contribution is 2.50. The van der Waals surface area contributed by atoms with Crippen LogP contribution in [0.3, 0.4) is 0 Å². The molecule has 1 spiro atoms. The van der Waals surface area contributed by atoms with E-state index in [9.17, 15) is 14.0 Å². The van der Waals surface area contributed by atoms with Crippen LogP contribution in [-0.4, -0.2) is 28.5 Å². The van der Waals surface area contributed by atoms with Crippen LogP contribution in [0.15, 0.2) is 42.5 Å². The van der Waals surface area contributed by atoms with E-state index in [4.69, 9.17) is 16.3 Å². The molecule has 0 radical (unpaired) electrons. The molecule has 5 nitrogen and oxygen atoms in total. The number of hydrogen-bond donors (Lipinski definition) is 1. The molecule has 1 aliphatic carbocycles. The van der Waals surface area contributed by atoms with E-state index in [1.54, 1.807) is 24.3 Å². The van der Waals surface area contributed by atoms with Gasteiger partial charge in [0, 0.05) is 0 Å². The third-order valence-electron chi connectivity index (χ3n) is 9.03. The summed E-state index contributed by atoms with van der Waals surface area (Å²) >= 11 is 6.19. The summed E-state index contributed by atoms with van der Waals surface area (Å²) in [7, 11) is 0. The van der Waals surface area contributed by atoms with Crippen LogP contribution in [0.2, 0.25) is 5.02 Å². The van der Waals surface area contributed by atoms with Crippen LogP contribution in [0.25, 0.3) is 0 Å². The van der Waals surface area contributed by atoms with Gasteiger partial charge in [-0.3, -0.25) is 10.1 Å². The molecule has 0 aromatic heterocycles. The molecule has 1 amide bonds. The van der Waals surface area contributed by atoms with Crippen molar-refractivity contribution in [2.75, 3.05) is 0 Å². The fourth-order valence-electron chi connectivity index (χ4n) is 6.60. The Morgan fingerprint density at radius 3 is 2.21 bits per heavy atom. The van der Waals surface area contributed by atoms with Crippen LogP contribution >= 0.6 is 11.6 Å². The standard InChI is InChI=1S/C35H48ClFN2O3/c1-22(2)42-32(41)24-11-9-23(10-12-24)29(17-18-33(3,4)5)39-31(40)30(25-13-14-28(37)27(36)21-25)38-35(39)19-15-26(16-20-35)34(6,7)8/h9-14,21-22,26,29-30,38H,15-20H2,1-8H3/t26?,29-,30?,35?/m1/s1. The zero-order chi connectivity index (χ0) is 31.0. The maximum Gasteiger partial charge on any atom is 0.338 e. The molecule has 2 atom stereocenters. The number of benzene rings is 2. The molecule has 1 saturated heterocycles. The molecule has 1 saturated carbocycles. The minimum atomic E-state index is -0.619. The molecule has 230 valence electrons. The highest BCUT2D eigenvalue weighted by Gasteiger charge is 2.55. The number of rotatable bonds is 7.